The van der Waals surface area contributed by atoms with E-state index in [1.54, 1.807) is 29.3 Å². The third kappa shape index (κ3) is 2.24. The summed E-state index contributed by atoms with van der Waals surface area (Å²) >= 11 is 9.21. The van der Waals surface area contributed by atoms with Gasteiger partial charge in [-0.2, -0.15) is 10.3 Å². The van der Waals surface area contributed by atoms with E-state index in [0.29, 0.717) is 0 Å². The molecule has 0 aliphatic rings. The first-order valence-corrected chi connectivity index (χ1v) is 5.81. The molecule has 2 rings (SSSR count). The third-order valence-electron chi connectivity index (χ3n) is 1.44. The second-order valence-electron chi connectivity index (χ2n) is 2.29. The maximum absolute atomic E-state index is 5.93. The van der Waals surface area contributed by atoms with Crippen molar-refractivity contribution in [1.82, 2.24) is 15.4 Å². The molecule has 0 saturated heterocycles. The van der Waals surface area contributed by atoms with Crippen LogP contribution in [0.3, 0.4) is 0 Å². The summed E-state index contributed by atoms with van der Waals surface area (Å²) in [5, 5.41) is 13.9. The molecule has 2 heterocycles. The summed E-state index contributed by atoms with van der Waals surface area (Å²) in [6, 6.07) is 1.91. The van der Waals surface area contributed by atoms with E-state index in [1.807, 2.05) is 11.4 Å². The van der Waals surface area contributed by atoms with Crippen LogP contribution in [0.1, 0.15) is 4.88 Å². The van der Waals surface area contributed by atoms with E-state index < -0.39 is 0 Å². The van der Waals surface area contributed by atoms with Crippen LogP contribution in [0.2, 0.25) is 5.02 Å². The van der Waals surface area contributed by atoms with Gasteiger partial charge in [-0.25, -0.2) is 0 Å². The molecule has 6 heteroatoms. The predicted molar refractivity (Wildman–Crippen MR) is 55.3 cm³/mol. The van der Waals surface area contributed by atoms with Crippen molar-refractivity contribution in [1.29, 1.82) is 0 Å². The Kier molecular flexibility index (Phi) is 2.87. The van der Waals surface area contributed by atoms with Crippen LogP contribution in [0.25, 0.3) is 0 Å². The van der Waals surface area contributed by atoms with Gasteiger partial charge in [-0.15, -0.1) is 16.4 Å². The van der Waals surface area contributed by atoms with Gasteiger partial charge in [-0.3, -0.25) is 0 Å². The van der Waals surface area contributed by atoms with Crippen molar-refractivity contribution < 1.29 is 0 Å². The summed E-state index contributed by atoms with van der Waals surface area (Å²) in [6.45, 7) is 0. The number of aromatic nitrogens is 3. The van der Waals surface area contributed by atoms with E-state index in [2.05, 4.69) is 15.4 Å². The Balaban J connectivity index is 1.97. The van der Waals surface area contributed by atoms with Crippen LogP contribution in [0.5, 0.6) is 0 Å². The second kappa shape index (κ2) is 4.13. The van der Waals surface area contributed by atoms with E-state index in [-0.39, 0.29) is 0 Å². The lowest BCUT2D eigenvalue weighted by Gasteiger charge is -1.94. The lowest BCUT2D eigenvalue weighted by molar-refractivity contribution is 0.911. The number of nitrogens with one attached hydrogen (secondary N) is 1. The molecule has 0 unspecified atom stereocenters. The molecule has 0 atom stereocenters. The van der Waals surface area contributed by atoms with Gasteiger partial charge in [-0.1, -0.05) is 23.4 Å². The molecule has 0 amide bonds. The Bertz CT molecular complexity index is 371. The number of H-pyrrole nitrogens is 1. The van der Waals surface area contributed by atoms with Gasteiger partial charge in [-0.05, 0) is 11.4 Å². The van der Waals surface area contributed by atoms with Gasteiger partial charge in [0.2, 0.25) is 0 Å². The van der Waals surface area contributed by atoms with Crippen LogP contribution in [-0.4, -0.2) is 15.4 Å². The SMILES string of the molecule is Clc1ccsc1CSc1cn[nH]n1. The average molecular weight is 232 g/mol. The third-order valence-corrected chi connectivity index (χ3v) is 3.93. The summed E-state index contributed by atoms with van der Waals surface area (Å²) in [5.74, 6) is 0.850. The van der Waals surface area contributed by atoms with Gasteiger partial charge in [0.1, 0.15) is 5.03 Å². The summed E-state index contributed by atoms with van der Waals surface area (Å²) < 4.78 is 0. The molecule has 3 nitrogen and oxygen atoms in total. The monoisotopic (exact) mass is 231 g/mol. The van der Waals surface area contributed by atoms with Crippen molar-refractivity contribution in [2.24, 2.45) is 0 Å². The number of halogens is 1. The zero-order valence-electron chi connectivity index (χ0n) is 6.53. The molecule has 1 N–H and O–H groups in total. The number of thiophene rings is 1. The van der Waals surface area contributed by atoms with Crippen molar-refractivity contribution in [2.75, 3.05) is 0 Å². The van der Waals surface area contributed by atoms with Crippen molar-refractivity contribution in [2.45, 2.75) is 10.8 Å². The summed E-state index contributed by atoms with van der Waals surface area (Å²) in [5.41, 5.74) is 0. The Hall–Kier alpha value is -0.520. The van der Waals surface area contributed by atoms with Crippen LogP contribution in [0, 0.1) is 0 Å². The fourth-order valence-corrected chi connectivity index (χ4v) is 2.91. The molecule has 0 saturated carbocycles. The van der Waals surface area contributed by atoms with Crippen LogP contribution >= 0.6 is 34.7 Å². The van der Waals surface area contributed by atoms with Crippen molar-refractivity contribution in [3.8, 4) is 0 Å². The van der Waals surface area contributed by atoms with Crippen LogP contribution in [0.15, 0.2) is 22.7 Å². The Labute approximate surface area is 88.5 Å². The zero-order valence-corrected chi connectivity index (χ0v) is 8.92. The topological polar surface area (TPSA) is 41.6 Å². The van der Waals surface area contributed by atoms with Gasteiger partial charge in [0.25, 0.3) is 0 Å². The molecule has 2 aromatic rings. The normalized spacial score (nSPS) is 10.5. The van der Waals surface area contributed by atoms with E-state index >= 15 is 0 Å². The Morgan fingerprint density at radius 3 is 3.15 bits per heavy atom. The first-order valence-electron chi connectivity index (χ1n) is 3.56. The molecule has 0 bridgehead atoms. The van der Waals surface area contributed by atoms with Crippen molar-refractivity contribution >= 4 is 34.7 Å². The predicted octanol–water partition coefficient (Wildman–Crippen LogP) is 2.81. The molecule has 0 aromatic carbocycles. The zero-order chi connectivity index (χ0) is 9.10. The number of aromatic amines is 1. The van der Waals surface area contributed by atoms with Crippen LogP contribution in [0.4, 0.5) is 0 Å². The summed E-state index contributed by atoms with van der Waals surface area (Å²) in [7, 11) is 0. The van der Waals surface area contributed by atoms with Gasteiger partial charge in [0.15, 0.2) is 0 Å². The highest BCUT2D eigenvalue weighted by atomic mass is 35.5. The standard InChI is InChI=1S/C7H6ClN3S2/c8-5-1-2-12-6(5)4-13-7-3-9-11-10-7/h1-3H,4H2,(H,9,10,11). The quantitative estimate of drug-likeness (QED) is 0.826. The number of thioether (sulfide) groups is 1. The molecule has 0 spiro atoms. The fraction of sp³-hybridized carbons (Fsp3) is 0.143. The highest BCUT2D eigenvalue weighted by molar-refractivity contribution is 7.98. The molecule has 0 aliphatic carbocycles. The van der Waals surface area contributed by atoms with E-state index in [4.69, 9.17) is 11.6 Å². The van der Waals surface area contributed by atoms with E-state index in [0.717, 1.165) is 15.8 Å². The van der Waals surface area contributed by atoms with E-state index in [1.165, 1.54) is 4.88 Å². The number of rotatable bonds is 3. The lowest BCUT2D eigenvalue weighted by atomic mass is 10.5. The molecule has 0 radical (unpaired) electrons. The van der Waals surface area contributed by atoms with E-state index in [9.17, 15) is 0 Å². The van der Waals surface area contributed by atoms with Gasteiger partial charge < -0.3 is 0 Å². The first-order chi connectivity index (χ1) is 6.36. The maximum Gasteiger partial charge on any atom is 0.139 e. The maximum atomic E-state index is 5.93. The average Bonchev–Trinajstić information content (AvgIpc) is 2.72. The molecular formula is C7H6ClN3S2. The minimum absolute atomic E-state index is 0.834. The van der Waals surface area contributed by atoms with Gasteiger partial charge >= 0.3 is 0 Å². The summed E-state index contributed by atoms with van der Waals surface area (Å²) in [4.78, 5) is 1.18. The minimum Gasteiger partial charge on any atom is -0.197 e. The molecule has 0 aliphatic heterocycles. The largest absolute Gasteiger partial charge is 0.197 e. The summed E-state index contributed by atoms with van der Waals surface area (Å²) in [6.07, 6.45) is 1.70. The number of hydrogen-bond acceptors (Lipinski definition) is 4. The Morgan fingerprint density at radius 1 is 1.62 bits per heavy atom. The molecular weight excluding hydrogens is 226 g/mol. The fourth-order valence-electron chi connectivity index (χ4n) is 0.828. The molecule has 2 aromatic heterocycles. The molecule has 0 fully saturated rings. The van der Waals surface area contributed by atoms with Crippen LogP contribution < -0.4 is 0 Å². The number of nitrogens with zero attached hydrogens (tertiary/aromatic N) is 2. The minimum atomic E-state index is 0.834. The van der Waals surface area contributed by atoms with Gasteiger partial charge in [0, 0.05) is 10.6 Å². The lowest BCUT2D eigenvalue weighted by Crippen LogP contribution is -1.75. The molecule has 13 heavy (non-hydrogen) atoms. The highest BCUT2D eigenvalue weighted by Crippen LogP contribution is 2.28. The second-order valence-corrected chi connectivity index (χ2v) is 4.69. The smallest absolute Gasteiger partial charge is 0.139 e. The molecule has 68 valence electrons. The van der Waals surface area contributed by atoms with Gasteiger partial charge in [0.05, 0.1) is 11.2 Å². The van der Waals surface area contributed by atoms with Crippen molar-refractivity contribution in [3.63, 3.8) is 0 Å². The highest BCUT2D eigenvalue weighted by Gasteiger charge is 2.03. The van der Waals surface area contributed by atoms with Crippen molar-refractivity contribution in [3.05, 3.63) is 27.5 Å². The van der Waals surface area contributed by atoms with Crippen LogP contribution in [-0.2, 0) is 5.75 Å². The first kappa shape index (κ1) is 9.05. The Morgan fingerprint density at radius 2 is 2.54 bits per heavy atom. The number of hydrogen-bond donors (Lipinski definition) is 1.